The average Bonchev–Trinajstić information content (AvgIpc) is 3.15. The lowest BCUT2D eigenvalue weighted by Gasteiger charge is -2.32. The lowest BCUT2D eigenvalue weighted by molar-refractivity contribution is -0.153. The first-order chi connectivity index (χ1) is 19.8. The number of nitrogen functional groups attached to an aromatic ring is 1. The summed E-state index contributed by atoms with van der Waals surface area (Å²) < 4.78 is 44.4. The molecular formula is C27H36F3N11O. The van der Waals surface area contributed by atoms with Crippen molar-refractivity contribution in [2.45, 2.75) is 31.9 Å². The molecular weight excluding hydrogens is 551 g/mol. The minimum absolute atomic E-state index is 0.0988. The van der Waals surface area contributed by atoms with Gasteiger partial charge in [-0.3, -0.25) is 0 Å². The van der Waals surface area contributed by atoms with Crippen molar-refractivity contribution in [2.75, 3.05) is 86.2 Å². The van der Waals surface area contributed by atoms with Crippen LogP contribution < -0.4 is 30.5 Å². The summed E-state index contributed by atoms with van der Waals surface area (Å²) in [5.74, 6) is 1.46. The van der Waals surface area contributed by atoms with Gasteiger partial charge in [0, 0.05) is 45.2 Å². The average molecular weight is 588 g/mol. The highest BCUT2D eigenvalue weighted by Gasteiger charge is 2.39. The van der Waals surface area contributed by atoms with E-state index >= 15 is 0 Å². The van der Waals surface area contributed by atoms with Gasteiger partial charge in [-0.15, -0.1) is 0 Å². The molecule has 1 fully saturated rings. The third-order valence-corrected chi connectivity index (χ3v) is 7.18. The van der Waals surface area contributed by atoms with Crippen LogP contribution >= 0.6 is 0 Å². The fraction of sp³-hybridized carbons (Fsp3) is 0.519. The van der Waals surface area contributed by atoms with Gasteiger partial charge in [0.05, 0.1) is 17.1 Å². The summed E-state index contributed by atoms with van der Waals surface area (Å²) in [7, 11) is 5.60. The summed E-state index contributed by atoms with van der Waals surface area (Å²) in [6.07, 6.45) is -2.06. The van der Waals surface area contributed by atoms with Gasteiger partial charge in [0.25, 0.3) is 0 Å². The molecule has 42 heavy (non-hydrogen) atoms. The molecule has 2 aliphatic rings. The number of nitrogens with one attached hydrogen (secondary N) is 1. The molecule has 5 rings (SSSR count). The van der Waals surface area contributed by atoms with E-state index in [0.29, 0.717) is 31.4 Å². The number of nitrogens with two attached hydrogens (primary N) is 1. The molecule has 0 aliphatic carbocycles. The zero-order valence-corrected chi connectivity index (χ0v) is 24.4. The zero-order chi connectivity index (χ0) is 30.2. The summed E-state index contributed by atoms with van der Waals surface area (Å²) in [6, 6.07) is 5.50. The summed E-state index contributed by atoms with van der Waals surface area (Å²) >= 11 is 0. The second-order valence-electron chi connectivity index (χ2n) is 11.5. The second-order valence-corrected chi connectivity index (χ2v) is 11.5. The molecule has 0 amide bonds. The largest absolute Gasteiger partial charge is 0.466 e. The number of pyridine rings is 2. The monoisotopic (exact) mass is 587 g/mol. The molecule has 0 saturated carbocycles. The van der Waals surface area contributed by atoms with Gasteiger partial charge >= 0.3 is 6.18 Å². The maximum atomic E-state index is 13.1. The summed E-state index contributed by atoms with van der Waals surface area (Å²) in [4.78, 5) is 30.4. The van der Waals surface area contributed by atoms with Gasteiger partial charge in [0.15, 0.2) is 12.4 Å². The normalized spacial score (nSPS) is 15.9. The van der Waals surface area contributed by atoms with Crippen LogP contribution in [0.2, 0.25) is 0 Å². The number of alkyl halides is 3. The maximum Gasteiger partial charge on any atom is 0.422 e. The predicted octanol–water partition coefficient (Wildman–Crippen LogP) is 3.57. The molecule has 5 heterocycles. The Labute approximate surface area is 242 Å². The molecule has 0 radical (unpaired) electrons. The molecule has 0 bridgehead atoms. The van der Waals surface area contributed by atoms with Crippen LogP contribution in [0.5, 0.6) is 5.88 Å². The van der Waals surface area contributed by atoms with Crippen molar-refractivity contribution in [3.05, 3.63) is 30.2 Å². The lowest BCUT2D eigenvalue weighted by atomic mass is 9.91. The highest BCUT2D eigenvalue weighted by molar-refractivity contribution is 5.74. The SMILES string of the molecule is CN(C)CCN(C)c1nc(OCC(F)(F)F)c(Nc2ncnc(N3CC(C)(C)c4nc(N5CCC5)ccc43)n2)cc1N. The molecule has 1 saturated heterocycles. The van der Waals surface area contributed by atoms with E-state index in [4.69, 9.17) is 15.5 Å². The molecule has 12 nitrogen and oxygen atoms in total. The molecule has 0 aromatic carbocycles. The summed E-state index contributed by atoms with van der Waals surface area (Å²) in [6.45, 7) is 6.55. The Balaban J connectivity index is 1.43. The van der Waals surface area contributed by atoms with Crippen LogP contribution in [0.3, 0.4) is 0 Å². The second kappa shape index (κ2) is 11.3. The van der Waals surface area contributed by atoms with Crippen molar-refractivity contribution in [1.82, 2.24) is 29.8 Å². The van der Waals surface area contributed by atoms with E-state index in [-0.39, 0.29) is 28.6 Å². The molecule has 0 unspecified atom stereocenters. The first-order valence-corrected chi connectivity index (χ1v) is 13.7. The van der Waals surface area contributed by atoms with Crippen LogP contribution in [0.25, 0.3) is 0 Å². The summed E-state index contributed by atoms with van der Waals surface area (Å²) in [5.41, 5.74) is 8.23. The number of nitrogens with zero attached hydrogens (tertiary/aromatic N) is 9. The molecule has 2 aliphatic heterocycles. The fourth-order valence-electron chi connectivity index (χ4n) is 4.83. The highest BCUT2D eigenvalue weighted by atomic mass is 19.4. The maximum absolute atomic E-state index is 13.1. The Morgan fingerprint density at radius 1 is 1.07 bits per heavy atom. The first-order valence-electron chi connectivity index (χ1n) is 13.7. The third-order valence-electron chi connectivity index (χ3n) is 7.18. The molecule has 3 aromatic rings. The fourth-order valence-corrected chi connectivity index (χ4v) is 4.83. The van der Waals surface area contributed by atoms with Crippen molar-refractivity contribution in [2.24, 2.45) is 0 Å². The lowest BCUT2D eigenvalue weighted by Crippen LogP contribution is -2.37. The zero-order valence-electron chi connectivity index (χ0n) is 24.4. The van der Waals surface area contributed by atoms with Gasteiger partial charge in [-0.2, -0.15) is 23.1 Å². The smallest absolute Gasteiger partial charge is 0.422 e. The van der Waals surface area contributed by atoms with Crippen LogP contribution in [0, 0.1) is 0 Å². The Hall–Kier alpha value is -4.14. The van der Waals surface area contributed by atoms with Crippen LogP contribution in [0.1, 0.15) is 26.0 Å². The molecule has 3 aromatic heterocycles. The molecule has 226 valence electrons. The first kappa shape index (κ1) is 29.4. The third kappa shape index (κ3) is 6.35. The van der Waals surface area contributed by atoms with Crippen molar-refractivity contribution < 1.29 is 17.9 Å². The molecule has 0 atom stereocenters. The van der Waals surface area contributed by atoms with Crippen LogP contribution in [-0.2, 0) is 5.41 Å². The Kier molecular flexibility index (Phi) is 7.88. The number of ether oxygens (including phenoxy) is 1. The Morgan fingerprint density at radius 2 is 1.83 bits per heavy atom. The molecule has 15 heteroatoms. The van der Waals surface area contributed by atoms with E-state index in [1.54, 1.807) is 11.9 Å². The molecule has 0 spiro atoms. The number of anilines is 7. The van der Waals surface area contributed by atoms with Crippen LogP contribution in [0.15, 0.2) is 24.5 Å². The quantitative estimate of drug-likeness (QED) is 0.360. The van der Waals surface area contributed by atoms with E-state index in [0.717, 1.165) is 36.7 Å². The van der Waals surface area contributed by atoms with Gasteiger partial charge in [0.1, 0.15) is 17.8 Å². The van der Waals surface area contributed by atoms with Gasteiger partial charge in [0.2, 0.25) is 17.8 Å². The number of hydrogen-bond acceptors (Lipinski definition) is 12. The minimum Gasteiger partial charge on any atom is -0.466 e. The van der Waals surface area contributed by atoms with E-state index in [2.05, 4.69) is 44.0 Å². The van der Waals surface area contributed by atoms with Gasteiger partial charge in [-0.05, 0) is 38.7 Å². The number of hydrogen-bond donors (Lipinski definition) is 2. The summed E-state index contributed by atoms with van der Waals surface area (Å²) in [5, 5.41) is 2.94. The van der Waals surface area contributed by atoms with Gasteiger partial charge in [-0.1, -0.05) is 13.8 Å². The minimum atomic E-state index is -4.56. The van der Waals surface area contributed by atoms with Crippen molar-refractivity contribution in [3.8, 4) is 5.88 Å². The van der Waals surface area contributed by atoms with E-state index in [9.17, 15) is 13.2 Å². The highest BCUT2D eigenvalue weighted by Crippen LogP contribution is 2.43. The standard InChI is InChI=1S/C27H36F3N11O/c1-26(2)14-41(19-7-8-20(35-21(19)26)40-9-6-10-40)25-33-16-32-24(37-25)34-18-13-17(31)22(39(5)12-11-38(3)4)36-23(18)42-15-27(28,29)30/h7-8,13,16H,6,9-12,14-15,31H2,1-5H3,(H,32,33,34,37). The van der Waals surface area contributed by atoms with E-state index < -0.39 is 12.8 Å². The number of likely N-dealkylation sites (N-methyl/N-ethyl adjacent to an activating group) is 2. The Bertz CT molecular complexity index is 1430. The van der Waals surface area contributed by atoms with Crippen molar-refractivity contribution in [1.29, 1.82) is 0 Å². The number of aromatic nitrogens is 5. The topological polar surface area (TPSA) is 125 Å². The van der Waals surface area contributed by atoms with Gasteiger partial charge in [-0.25, -0.2) is 15.0 Å². The number of halogens is 3. The van der Waals surface area contributed by atoms with E-state index in [1.807, 2.05) is 36.0 Å². The number of rotatable bonds is 10. The Morgan fingerprint density at radius 3 is 2.50 bits per heavy atom. The number of fused-ring (bicyclic) bond motifs is 1. The van der Waals surface area contributed by atoms with Crippen molar-refractivity contribution >= 4 is 40.6 Å². The van der Waals surface area contributed by atoms with Gasteiger partial charge < -0.3 is 35.4 Å². The van der Waals surface area contributed by atoms with E-state index in [1.165, 1.54) is 12.4 Å². The molecule has 3 N–H and O–H groups in total. The van der Waals surface area contributed by atoms with Crippen molar-refractivity contribution in [3.63, 3.8) is 0 Å². The van der Waals surface area contributed by atoms with Crippen LogP contribution in [0.4, 0.5) is 53.8 Å². The predicted molar refractivity (Wildman–Crippen MR) is 156 cm³/mol. The van der Waals surface area contributed by atoms with Crippen LogP contribution in [-0.4, -0.2) is 96.5 Å².